The molecule has 0 saturated carbocycles. The van der Waals surface area contributed by atoms with E-state index in [2.05, 4.69) is 31.2 Å². The second-order valence-corrected chi connectivity index (χ2v) is 5.88. The average Bonchev–Trinajstić information content (AvgIpc) is 3.07. The molecule has 0 atom stereocenters. The number of hydrogen-bond donors (Lipinski definition) is 5. The Balaban J connectivity index is 1.91. The van der Waals surface area contributed by atoms with Gasteiger partial charge in [-0.2, -0.15) is 0 Å². The zero-order valence-electron chi connectivity index (χ0n) is 15.6. The summed E-state index contributed by atoms with van der Waals surface area (Å²) in [6.07, 6.45) is 0. The Bertz CT molecular complexity index is 951. The summed E-state index contributed by atoms with van der Waals surface area (Å²) in [5.74, 6) is 1.52. The highest BCUT2D eigenvalue weighted by Gasteiger charge is 2.19. The molecule has 9 nitrogen and oxygen atoms in total. The average molecular weight is 368 g/mol. The lowest BCUT2D eigenvalue weighted by Crippen LogP contribution is -2.27. The maximum Gasteiger partial charge on any atom is 0.251 e. The normalized spacial score (nSPS) is 10.6. The monoisotopic (exact) mass is 368 g/mol. The maximum atomic E-state index is 12.3. The van der Waals surface area contributed by atoms with Gasteiger partial charge in [0.05, 0.1) is 0 Å². The molecule has 1 aromatic carbocycles. The number of carbonyl (C=O) groups excluding carboxylic acids is 1. The number of nitrogens with one attached hydrogen (secondary N) is 4. The number of pyridine rings is 1. The standard InChI is InChI=1S/C18H24N8O/c1-20-13-14-12(15(19)25-16(13)21-2)24-18(22-3)26(14)10-9-23-17(27)11-7-5-4-6-8-11/h4-8,20H,9-10H2,1-3H3,(H,22,24)(H,23,27)(H3,19,21,25). The molecule has 0 spiro atoms. The molecule has 6 N–H and O–H groups in total. The molecule has 3 rings (SSSR count). The van der Waals surface area contributed by atoms with Crippen LogP contribution in [0.3, 0.4) is 0 Å². The van der Waals surface area contributed by atoms with E-state index in [1.165, 1.54) is 0 Å². The van der Waals surface area contributed by atoms with Crippen LogP contribution in [-0.2, 0) is 6.54 Å². The van der Waals surface area contributed by atoms with Crippen LogP contribution >= 0.6 is 0 Å². The molecule has 3 aromatic rings. The van der Waals surface area contributed by atoms with E-state index >= 15 is 0 Å². The predicted molar refractivity (Wildman–Crippen MR) is 109 cm³/mol. The lowest BCUT2D eigenvalue weighted by Gasteiger charge is -2.14. The lowest BCUT2D eigenvalue weighted by molar-refractivity contribution is 0.0952. The van der Waals surface area contributed by atoms with E-state index in [0.717, 1.165) is 11.2 Å². The van der Waals surface area contributed by atoms with Gasteiger partial charge in [0, 0.05) is 39.8 Å². The van der Waals surface area contributed by atoms with Crippen molar-refractivity contribution in [3.63, 3.8) is 0 Å². The van der Waals surface area contributed by atoms with E-state index in [9.17, 15) is 4.79 Å². The molecule has 9 heteroatoms. The SMILES string of the molecule is CNc1nc(N)c2nc(NC)n(CCNC(=O)c3ccccc3)c2c1NC. The number of nitrogen functional groups attached to an aromatic ring is 1. The minimum Gasteiger partial charge on any atom is -0.383 e. The first-order valence-electron chi connectivity index (χ1n) is 8.66. The number of nitrogens with two attached hydrogens (primary N) is 1. The van der Waals surface area contributed by atoms with Gasteiger partial charge in [-0.3, -0.25) is 4.79 Å². The molecule has 0 unspecified atom stereocenters. The van der Waals surface area contributed by atoms with Crippen molar-refractivity contribution >= 4 is 40.2 Å². The molecule has 0 bridgehead atoms. The van der Waals surface area contributed by atoms with E-state index < -0.39 is 0 Å². The Labute approximate surface area is 157 Å². The Morgan fingerprint density at radius 1 is 1.07 bits per heavy atom. The van der Waals surface area contributed by atoms with Gasteiger partial charge in [0.2, 0.25) is 5.95 Å². The molecule has 142 valence electrons. The van der Waals surface area contributed by atoms with Gasteiger partial charge in [0.25, 0.3) is 5.91 Å². The van der Waals surface area contributed by atoms with E-state index in [-0.39, 0.29) is 5.91 Å². The summed E-state index contributed by atoms with van der Waals surface area (Å²) in [5, 5.41) is 12.2. The second kappa shape index (κ2) is 7.81. The molecule has 2 aromatic heterocycles. The van der Waals surface area contributed by atoms with Crippen molar-refractivity contribution in [2.45, 2.75) is 6.54 Å². The lowest BCUT2D eigenvalue weighted by atomic mass is 10.2. The maximum absolute atomic E-state index is 12.3. The number of benzene rings is 1. The Morgan fingerprint density at radius 2 is 1.81 bits per heavy atom. The highest BCUT2D eigenvalue weighted by atomic mass is 16.1. The van der Waals surface area contributed by atoms with Crippen molar-refractivity contribution in [2.75, 3.05) is 49.4 Å². The fourth-order valence-electron chi connectivity index (χ4n) is 3.03. The molecule has 0 aliphatic carbocycles. The van der Waals surface area contributed by atoms with Gasteiger partial charge < -0.3 is 31.6 Å². The van der Waals surface area contributed by atoms with Crippen LogP contribution in [-0.4, -0.2) is 48.1 Å². The minimum atomic E-state index is -0.114. The van der Waals surface area contributed by atoms with Crippen molar-refractivity contribution in [1.82, 2.24) is 19.9 Å². The Hall–Kier alpha value is -3.49. The summed E-state index contributed by atoms with van der Waals surface area (Å²) in [4.78, 5) is 21.2. The van der Waals surface area contributed by atoms with E-state index in [1.807, 2.05) is 29.8 Å². The fraction of sp³-hybridized carbons (Fsp3) is 0.278. The highest BCUT2D eigenvalue weighted by Crippen LogP contribution is 2.34. The topological polar surface area (TPSA) is 122 Å². The van der Waals surface area contributed by atoms with Crippen molar-refractivity contribution < 1.29 is 4.79 Å². The van der Waals surface area contributed by atoms with Gasteiger partial charge in [-0.05, 0) is 12.1 Å². The van der Waals surface area contributed by atoms with Crippen molar-refractivity contribution in [2.24, 2.45) is 0 Å². The van der Waals surface area contributed by atoms with Crippen LogP contribution in [0.15, 0.2) is 30.3 Å². The fourth-order valence-corrected chi connectivity index (χ4v) is 3.03. The third-order valence-electron chi connectivity index (χ3n) is 4.28. The van der Waals surface area contributed by atoms with Crippen molar-refractivity contribution in [3.05, 3.63) is 35.9 Å². The van der Waals surface area contributed by atoms with E-state index in [0.29, 0.717) is 41.8 Å². The summed E-state index contributed by atoms with van der Waals surface area (Å²) in [6.45, 7) is 0.959. The van der Waals surface area contributed by atoms with Gasteiger partial charge >= 0.3 is 0 Å². The first-order chi connectivity index (χ1) is 13.1. The summed E-state index contributed by atoms with van der Waals surface area (Å²) in [7, 11) is 5.40. The number of amides is 1. The summed E-state index contributed by atoms with van der Waals surface area (Å²) in [6, 6.07) is 9.12. The van der Waals surface area contributed by atoms with Gasteiger partial charge in [0.1, 0.15) is 16.7 Å². The first-order valence-corrected chi connectivity index (χ1v) is 8.66. The van der Waals surface area contributed by atoms with Gasteiger partial charge in [-0.1, -0.05) is 18.2 Å². The molecule has 0 aliphatic rings. The van der Waals surface area contributed by atoms with Crippen molar-refractivity contribution in [1.29, 1.82) is 0 Å². The van der Waals surface area contributed by atoms with Gasteiger partial charge in [0.15, 0.2) is 11.6 Å². The van der Waals surface area contributed by atoms with E-state index in [4.69, 9.17) is 5.73 Å². The molecular weight excluding hydrogens is 344 g/mol. The largest absolute Gasteiger partial charge is 0.383 e. The number of anilines is 4. The zero-order chi connectivity index (χ0) is 19.4. The number of imidazole rings is 1. The number of hydrogen-bond acceptors (Lipinski definition) is 7. The molecular formula is C18H24N8O. The van der Waals surface area contributed by atoms with Crippen LogP contribution in [0.4, 0.5) is 23.3 Å². The number of rotatable bonds is 7. The summed E-state index contributed by atoms with van der Waals surface area (Å²) in [5.41, 5.74) is 8.95. The van der Waals surface area contributed by atoms with E-state index in [1.54, 1.807) is 26.2 Å². The van der Waals surface area contributed by atoms with Gasteiger partial charge in [-0.15, -0.1) is 0 Å². The molecule has 0 radical (unpaired) electrons. The van der Waals surface area contributed by atoms with Crippen molar-refractivity contribution in [3.8, 4) is 0 Å². The predicted octanol–water partition coefficient (Wildman–Crippen LogP) is 1.57. The Morgan fingerprint density at radius 3 is 2.44 bits per heavy atom. The molecule has 0 fully saturated rings. The molecule has 2 heterocycles. The summed E-state index contributed by atoms with van der Waals surface area (Å²) >= 11 is 0. The number of aromatic nitrogens is 3. The number of carbonyl (C=O) groups is 1. The third kappa shape index (κ3) is 3.43. The van der Waals surface area contributed by atoms with Gasteiger partial charge in [-0.25, -0.2) is 9.97 Å². The number of nitrogens with zero attached hydrogens (tertiary/aromatic N) is 3. The van der Waals surface area contributed by atoms with Crippen LogP contribution in [0, 0.1) is 0 Å². The molecule has 0 aliphatic heterocycles. The zero-order valence-corrected chi connectivity index (χ0v) is 15.6. The van der Waals surface area contributed by atoms with Crippen LogP contribution in [0.5, 0.6) is 0 Å². The molecule has 27 heavy (non-hydrogen) atoms. The van der Waals surface area contributed by atoms with Crippen LogP contribution in [0.1, 0.15) is 10.4 Å². The van der Waals surface area contributed by atoms with Crippen LogP contribution in [0.2, 0.25) is 0 Å². The number of fused-ring (bicyclic) bond motifs is 1. The van der Waals surface area contributed by atoms with Crippen LogP contribution < -0.4 is 27.0 Å². The Kier molecular flexibility index (Phi) is 5.30. The quantitative estimate of drug-likeness (QED) is 0.429. The second-order valence-electron chi connectivity index (χ2n) is 5.88. The molecule has 0 saturated heterocycles. The highest BCUT2D eigenvalue weighted by molar-refractivity contribution is 6.01. The van der Waals surface area contributed by atoms with Crippen LogP contribution in [0.25, 0.3) is 11.0 Å². The first kappa shape index (κ1) is 18.3. The minimum absolute atomic E-state index is 0.114. The third-order valence-corrected chi connectivity index (χ3v) is 4.28. The molecule has 1 amide bonds. The summed E-state index contributed by atoms with van der Waals surface area (Å²) < 4.78 is 1.98. The smallest absolute Gasteiger partial charge is 0.251 e.